The molecular weight excluding hydrogens is 358 g/mol. The van der Waals surface area contributed by atoms with Crippen molar-refractivity contribution in [1.82, 2.24) is 15.1 Å². The number of likely N-dealkylation sites (tertiary alicyclic amines) is 2. The zero-order chi connectivity index (χ0) is 19.4. The largest absolute Gasteiger partial charge is 0.450 e. The van der Waals surface area contributed by atoms with E-state index in [0.717, 1.165) is 45.4 Å². The van der Waals surface area contributed by atoms with Gasteiger partial charge in [-0.15, -0.1) is 0 Å². The van der Waals surface area contributed by atoms with Crippen molar-refractivity contribution in [2.24, 2.45) is 11.3 Å². The predicted molar refractivity (Wildman–Crippen MR) is 103 cm³/mol. The fraction of sp³-hybridized carbons (Fsp3) is 0.905. The number of nitrogens with zero attached hydrogens (tertiary/aromatic N) is 2. The Morgan fingerprint density at radius 1 is 1.21 bits per heavy atom. The second kappa shape index (κ2) is 6.78. The minimum absolute atomic E-state index is 0.152. The van der Waals surface area contributed by atoms with Crippen molar-refractivity contribution < 1.29 is 19.1 Å². The van der Waals surface area contributed by atoms with Gasteiger partial charge >= 0.3 is 12.2 Å². The van der Waals surface area contributed by atoms with Crippen molar-refractivity contribution in [2.45, 2.75) is 76.0 Å². The first-order chi connectivity index (χ1) is 13.5. The van der Waals surface area contributed by atoms with E-state index in [2.05, 4.69) is 10.2 Å². The van der Waals surface area contributed by atoms with Crippen LogP contribution in [0.4, 0.5) is 9.59 Å². The number of hydrogen-bond donors (Lipinski definition) is 1. The fourth-order valence-electron chi connectivity index (χ4n) is 6.37. The van der Waals surface area contributed by atoms with E-state index in [1.165, 1.54) is 32.1 Å². The lowest BCUT2D eigenvalue weighted by atomic mass is 9.63. The SMILES string of the molecule is CCOC(=O)N1CCC2(CC(N3CCC4(CC3)OC(=O)NC4C3CCC3)C2)C1. The highest BCUT2D eigenvalue weighted by Gasteiger charge is 2.56. The molecule has 0 aromatic rings. The number of rotatable bonds is 3. The summed E-state index contributed by atoms with van der Waals surface area (Å²) in [6, 6.07) is 0.836. The van der Waals surface area contributed by atoms with Crippen LogP contribution in [-0.2, 0) is 9.47 Å². The second-order valence-electron chi connectivity index (χ2n) is 9.74. The van der Waals surface area contributed by atoms with Crippen LogP contribution in [0, 0.1) is 11.3 Å². The molecule has 28 heavy (non-hydrogen) atoms. The van der Waals surface area contributed by atoms with Crippen LogP contribution in [0.25, 0.3) is 0 Å². The highest BCUT2D eigenvalue weighted by molar-refractivity contribution is 5.71. The molecule has 0 aromatic carbocycles. The molecule has 2 amide bonds. The van der Waals surface area contributed by atoms with Crippen LogP contribution in [0.1, 0.15) is 58.3 Å². The average Bonchev–Trinajstić information content (AvgIpc) is 3.16. The summed E-state index contributed by atoms with van der Waals surface area (Å²) in [5.41, 5.74) is 0.0383. The van der Waals surface area contributed by atoms with Crippen LogP contribution in [-0.4, -0.2) is 72.5 Å². The quantitative estimate of drug-likeness (QED) is 0.801. The Kier molecular flexibility index (Phi) is 4.49. The van der Waals surface area contributed by atoms with E-state index in [1.807, 2.05) is 11.8 Å². The summed E-state index contributed by atoms with van der Waals surface area (Å²) < 4.78 is 11.0. The molecule has 0 radical (unpaired) electrons. The van der Waals surface area contributed by atoms with E-state index in [4.69, 9.17) is 9.47 Å². The number of amides is 2. The highest BCUT2D eigenvalue weighted by Crippen LogP contribution is 2.51. The van der Waals surface area contributed by atoms with Crippen LogP contribution in [0.5, 0.6) is 0 Å². The Morgan fingerprint density at radius 2 is 1.96 bits per heavy atom. The van der Waals surface area contributed by atoms with Crippen LogP contribution in [0.15, 0.2) is 0 Å². The van der Waals surface area contributed by atoms with E-state index >= 15 is 0 Å². The Balaban J connectivity index is 1.14. The molecule has 1 N–H and O–H groups in total. The fourth-order valence-corrected chi connectivity index (χ4v) is 6.37. The first-order valence-electron chi connectivity index (χ1n) is 11.2. The van der Waals surface area contributed by atoms with Crippen LogP contribution >= 0.6 is 0 Å². The van der Waals surface area contributed by atoms with Gasteiger partial charge in [0.1, 0.15) is 5.60 Å². The molecule has 2 saturated carbocycles. The first kappa shape index (κ1) is 18.5. The zero-order valence-corrected chi connectivity index (χ0v) is 17.0. The molecule has 5 rings (SSSR count). The highest BCUT2D eigenvalue weighted by atomic mass is 16.6. The zero-order valence-electron chi connectivity index (χ0n) is 17.0. The molecular formula is C21H33N3O4. The monoisotopic (exact) mass is 391 g/mol. The van der Waals surface area contributed by atoms with Gasteiger partial charge in [0, 0.05) is 45.1 Å². The number of hydrogen-bond acceptors (Lipinski definition) is 5. The summed E-state index contributed by atoms with van der Waals surface area (Å²) in [6.07, 6.45) is 8.73. The summed E-state index contributed by atoms with van der Waals surface area (Å²) in [5.74, 6) is 0.609. The van der Waals surface area contributed by atoms with Gasteiger partial charge in [-0.25, -0.2) is 9.59 Å². The molecule has 3 heterocycles. The van der Waals surface area contributed by atoms with Crippen molar-refractivity contribution in [3.05, 3.63) is 0 Å². The van der Waals surface area contributed by atoms with Gasteiger partial charge in [-0.05, 0) is 50.4 Å². The van der Waals surface area contributed by atoms with Crippen molar-refractivity contribution in [2.75, 3.05) is 32.8 Å². The van der Waals surface area contributed by atoms with Gasteiger partial charge < -0.3 is 24.6 Å². The number of carbonyl (C=O) groups is 2. The van der Waals surface area contributed by atoms with E-state index in [1.54, 1.807) is 0 Å². The topological polar surface area (TPSA) is 71.1 Å². The van der Waals surface area contributed by atoms with Crippen molar-refractivity contribution in [3.63, 3.8) is 0 Å². The summed E-state index contributed by atoms with van der Waals surface area (Å²) in [5, 5.41) is 3.12. The smallest absolute Gasteiger partial charge is 0.409 e. The maximum Gasteiger partial charge on any atom is 0.409 e. The Hall–Kier alpha value is -1.50. The Labute approximate surface area is 167 Å². The summed E-state index contributed by atoms with van der Waals surface area (Å²) in [7, 11) is 0. The molecule has 156 valence electrons. The minimum atomic E-state index is -0.270. The summed E-state index contributed by atoms with van der Waals surface area (Å²) in [6.45, 7) is 6.02. The Morgan fingerprint density at radius 3 is 2.61 bits per heavy atom. The van der Waals surface area contributed by atoms with E-state index in [0.29, 0.717) is 24.0 Å². The molecule has 0 bridgehead atoms. The van der Waals surface area contributed by atoms with Gasteiger partial charge in [-0.2, -0.15) is 0 Å². The summed E-state index contributed by atoms with van der Waals surface area (Å²) in [4.78, 5) is 28.4. The van der Waals surface area contributed by atoms with E-state index in [9.17, 15) is 9.59 Å². The average molecular weight is 392 g/mol. The molecule has 0 aromatic heterocycles. The van der Waals surface area contributed by atoms with Crippen LogP contribution in [0.2, 0.25) is 0 Å². The molecule has 3 aliphatic heterocycles. The molecule has 1 unspecified atom stereocenters. The molecule has 3 saturated heterocycles. The second-order valence-corrected chi connectivity index (χ2v) is 9.74. The molecule has 2 spiro atoms. The molecule has 1 atom stereocenters. The Bertz CT molecular complexity index is 636. The minimum Gasteiger partial charge on any atom is -0.450 e. The van der Waals surface area contributed by atoms with Crippen molar-refractivity contribution in [3.8, 4) is 0 Å². The molecule has 7 nitrogen and oxygen atoms in total. The lowest BCUT2D eigenvalue weighted by Crippen LogP contribution is -2.60. The third-order valence-corrected chi connectivity index (χ3v) is 8.22. The number of carbonyl (C=O) groups excluding carboxylic acids is 2. The third-order valence-electron chi connectivity index (χ3n) is 8.22. The van der Waals surface area contributed by atoms with Gasteiger partial charge in [-0.1, -0.05) is 6.42 Å². The number of alkyl carbamates (subject to hydrolysis) is 1. The summed E-state index contributed by atoms with van der Waals surface area (Å²) >= 11 is 0. The molecule has 7 heteroatoms. The maximum atomic E-state index is 12.0. The van der Waals surface area contributed by atoms with Gasteiger partial charge in [0.15, 0.2) is 0 Å². The maximum absolute atomic E-state index is 12.0. The third kappa shape index (κ3) is 2.97. The van der Waals surface area contributed by atoms with E-state index in [-0.39, 0.29) is 23.8 Å². The van der Waals surface area contributed by atoms with Gasteiger partial charge in [-0.3, -0.25) is 0 Å². The molecule has 2 aliphatic carbocycles. The predicted octanol–water partition coefficient (Wildman–Crippen LogP) is 2.74. The van der Waals surface area contributed by atoms with Crippen LogP contribution in [0.3, 0.4) is 0 Å². The number of nitrogens with one attached hydrogen (secondary N) is 1. The van der Waals surface area contributed by atoms with Crippen LogP contribution < -0.4 is 5.32 Å². The van der Waals surface area contributed by atoms with E-state index < -0.39 is 0 Å². The van der Waals surface area contributed by atoms with Gasteiger partial charge in [0.25, 0.3) is 0 Å². The van der Waals surface area contributed by atoms with Crippen molar-refractivity contribution in [1.29, 1.82) is 0 Å². The first-order valence-corrected chi connectivity index (χ1v) is 11.2. The normalized spacial score (nSPS) is 37.5. The molecule has 5 fully saturated rings. The number of piperidine rings is 1. The lowest BCUT2D eigenvalue weighted by molar-refractivity contribution is -0.0712. The molecule has 5 aliphatic rings. The number of ether oxygens (including phenoxy) is 2. The van der Waals surface area contributed by atoms with Gasteiger partial charge in [0.05, 0.1) is 12.6 Å². The van der Waals surface area contributed by atoms with Gasteiger partial charge in [0.2, 0.25) is 0 Å². The van der Waals surface area contributed by atoms with Crippen molar-refractivity contribution >= 4 is 12.2 Å². The standard InChI is InChI=1S/C21H33N3O4/c1-2-27-19(26)24-9-6-20(14-24)12-16(13-20)23-10-7-21(8-11-23)17(15-4-3-5-15)22-18(25)28-21/h15-17H,2-14H2,1H3,(H,22,25). The lowest BCUT2D eigenvalue weighted by Gasteiger charge is -2.53.